The van der Waals surface area contributed by atoms with Crippen LogP contribution in [0.2, 0.25) is 0 Å². The summed E-state index contributed by atoms with van der Waals surface area (Å²) in [6, 6.07) is 3.38. The van der Waals surface area contributed by atoms with E-state index < -0.39 is 0 Å². The molecule has 0 aliphatic rings. The van der Waals surface area contributed by atoms with Crippen molar-refractivity contribution in [3.05, 3.63) is 23.3 Å². The van der Waals surface area contributed by atoms with Gasteiger partial charge < -0.3 is 10.2 Å². The Hall–Kier alpha value is -1.18. The van der Waals surface area contributed by atoms with Crippen LogP contribution < -0.4 is 0 Å². The Morgan fingerprint density at radius 3 is 1.56 bits per heavy atom. The number of phenols is 2. The van der Waals surface area contributed by atoms with Gasteiger partial charge in [0, 0.05) is 0 Å². The van der Waals surface area contributed by atoms with Crippen molar-refractivity contribution in [1.82, 2.24) is 0 Å². The number of unbranched alkanes of at least 4 members (excludes halogenated alkanes) is 12. The quantitative estimate of drug-likeness (QED) is 0.226. The second kappa shape index (κ2) is 14.8. The van der Waals surface area contributed by atoms with Gasteiger partial charge in [0.15, 0.2) is 0 Å². The van der Waals surface area contributed by atoms with Crippen molar-refractivity contribution >= 4 is 0 Å². The Kier molecular flexibility index (Phi) is 13.1. The van der Waals surface area contributed by atoms with Crippen molar-refractivity contribution in [3.8, 4) is 11.5 Å². The molecule has 0 fully saturated rings. The first-order valence-corrected chi connectivity index (χ1v) is 11.5. The number of phenolic OH excluding ortho intramolecular Hbond substituents is 2. The monoisotopic (exact) mass is 376 g/mol. The third-order valence-electron chi connectivity index (χ3n) is 5.62. The van der Waals surface area contributed by atoms with Gasteiger partial charge in [-0.25, -0.2) is 0 Å². The lowest BCUT2D eigenvalue weighted by atomic mass is 10.0. The van der Waals surface area contributed by atoms with Crippen molar-refractivity contribution in [2.45, 2.75) is 117 Å². The maximum absolute atomic E-state index is 9.93. The largest absolute Gasteiger partial charge is 0.508 e. The van der Waals surface area contributed by atoms with Crippen LogP contribution in [0.5, 0.6) is 11.5 Å². The predicted octanol–water partition coefficient (Wildman–Crippen LogP) is 8.07. The van der Waals surface area contributed by atoms with Crippen LogP contribution in [0.3, 0.4) is 0 Å². The molecule has 0 spiro atoms. The van der Waals surface area contributed by atoms with Gasteiger partial charge in [0.2, 0.25) is 0 Å². The minimum absolute atomic E-state index is 0.290. The first-order valence-electron chi connectivity index (χ1n) is 11.5. The number of aromatic hydroxyl groups is 2. The van der Waals surface area contributed by atoms with E-state index in [9.17, 15) is 10.2 Å². The average molecular weight is 377 g/mol. The van der Waals surface area contributed by atoms with Crippen molar-refractivity contribution < 1.29 is 10.2 Å². The molecule has 1 aromatic rings. The minimum Gasteiger partial charge on any atom is -0.508 e. The highest BCUT2D eigenvalue weighted by Crippen LogP contribution is 2.28. The maximum Gasteiger partial charge on any atom is 0.119 e. The first kappa shape index (κ1) is 23.9. The highest BCUT2D eigenvalue weighted by atomic mass is 16.3. The van der Waals surface area contributed by atoms with Gasteiger partial charge >= 0.3 is 0 Å². The second-order valence-electron chi connectivity index (χ2n) is 8.80. The normalized spacial score (nSPS) is 11.4. The van der Waals surface area contributed by atoms with Gasteiger partial charge in [0.05, 0.1) is 0 Å². The fraction of sp³-hybridized carbons (Fsp3) is 0.760. The van der Waals surface area contributed by atoms with Crippen LogP contribution in [-0.4, -0.2) is 10.2 Å². The molecule has 0 atom stereocenters. The molecule has 0 aliphatic carbocycles. The van der Waals surface area contributed by atoms with Gasteiger partial charge in [0.25, 0.3) is 0 Å². The zero-order valence-corrected chi connectivity index (χ0v) is 18.2. The van der Waals surface area contributed by atoms with Gasteiger partial charge in [-0.3, -0.25) is 0 Å². The van der Waals surface area contributed by atoms with Crippen molar-refractivity contribution in [2.75, 3.05) is 0 Å². The molecule has 0 amide bonds. The van der Waals surface area contributed by atoms with E-state index in [0.29, 0.717) is 11.5 Å². The number of aryl methyl sites for hydroxylation is 2. The molecule has 0 heterocycles. The van der Waals surface area contributed by atoms with E-state index in [1.54, 1.807) is 12.1 Å². The molecule has 1 aromatic carbocycles. The van der Waals surface area contributed by atoms with E-state index in [1.165, 1.54) is 83.5 Å². The fourth-order valence-corrected chi connectivity index (χ4v) is 3.74. The van der Waals surface area contributed by atoms with E-state index in [4.69, 9.17) is 0 Å². The maximum atomic E-state index is 9.93. The molecule has 0 aromatic heterocycles. The third kappa shape index (κ3) is 12.0. The Balaban J connectivity index is 1.86. The smallest absolute Gasteiger partial charge is 0.119 e. The Bertz CT molecular complexity index is 493. The van der Waals surface area contributed by atoms with Crippen LogP contribution >= 0.6 is 0 Å². The van der Waals surface area contributed by atoms with Gasteiger partial charge in [-0.15, -0.1) is 0 Å². The van der Waals surface area contributed by atoms with Crippen molar-refractivity contribution in [3.63, 3.8) is 0 Å². The summed E-state index contributed by atoms with van der Waals surface area (Å²) in [5.74, 6) is 1.48. The van der Waals surface area contributed by atoms with E-state index >= 15 is 0 Å². The molecule has 27 heavy (non-hydrogen) atoms. The summed E-state index contributed by atoms with van der Waals surface area (Å²) in [6.07, 6.45) is 19.9. The molecule has 0 saturated heterocycles. The molecule has 2 heteroatoms. The molecule has 2 nitrogen and oxygen atoms in total. The highest BCUT2D eigenvalue weighted by molar-refractivity contribution is 5.44. The number of hydrogen-bond acceptors (Lipinski definition) is 2. The summed E-state index contributed by atoms with van der Waals surface area (Å²) in [5.41, 5.74) is 1.62. The lowest BCUT2D eigenvalue weighted by molar-refractivity contribution is 0.449. The zero-order valence-electron chi connectivity index (χ0n) is 18.2. The first-order chi connectivity index (χ1) is 13.0. The summed E-state index contributed by atoms with van der Waals surface area (Å²) in [6.45, 7) is 6.45. The van der Waals surface area contributed by atoms with Gasteiger partial charge in [-0.05, 0) is 48.9 Å². The van der Waals surface area contributed by atoms with E-state index in [0.717, 1.165) is 29.9 Å². The summed E-state index contributed by atoms with van der Waals surface area (Å²) < 4.78 is 0. The van der Waals surface area contributed by atoms with Crippen LogP contribution in [0, 0.1) is 12.8 Å². The molecular weight excluding hydrogens is 332 g/mol. The summed E-state index contributed by atoms with van der Waals surface area (Å²) in [4.78, 5) is 0. The second-order valence-corrected chi connectivity index (χ2v) is 8.80. The molecular formula is C25H44O2. The molecule has 0 bridgehead atoms. The van der Waals surface area contributed by atoms with E-state index in [2.05, 4.69) is 13.8 Å². The zero-order chi connectivity index (χ0) is 19.9. The predicted molar refractivity (Wildman–Crippen MR) is 118 cm³/mol. The Morgan fingerprint density at radius 2 is 1.07 bits per heavy atom. The van der Waals surface area contributed by atoms with Crippen molar-refractivity contribution in [2.24, 2.45) is 5.92 Å². The van der Waals surface area contributed by atoms with Crippen LogP contribution in [-0.2, 0) is 6.42 Å². The molecule has 156 valence electrons. The third-order valence-corrected chi connectivity index (χ3v) is 5.62. The van der Waals surface area contributed by atoms with Gasteiger partial charge in [0.1, 0.15) is 11.5 Å². The topological polar surface area (TPSA) is 40.5 Å². The van der Waals surface area contributed by atoms with E-state index in [-0.39, 0.29) is 0 Å². The Labute approximate surface area is 168 Å². The molecule has 2 N–H and O–H groups in total. The molecule has 0 saturated carbocycles. The van der Waals surface area contributed by atoms with Gasteiger partial charge in [-0.1, -0.05) is 97.3 Å². The average Bonchev–Trinajstić information content (AvgIpc) is 2.62. The standard InChI is InChI=1S/C25H44O2/c1-21(2)17-15-13-11-9-7-5-4-6-8-10-12-14-16-18-23-20-24(26)22(3)19-25(23)27/h19-21,26-27H,4-18H2,1-3H3. The fourth-order valence-electron chi connectivity index (χ4n) is 3.74. The number of hydrogen-bond donors (Lipinski definition) is 2. The number of benzene rings is 1. The molecule has 0 radical (unpaired) electrons. The van der Waals surface area contributed by atoms with Gasteiger partial charge in [-0.2, -0.15) is 0 Å². The van der Waals surface area contributed by atoms with Crippen LogP contribution in [0.25, 0.3) is 0 Å². The van der Waals surface area contributed by atoms with Crippen molar-refractivity contribution in [1.29, 1.82) is 0 Å². The van der Waals surface area contributed by atoms with Crippen LogP contribution in [0.1, 0.15) is 115 Å². The lowest BCUT2D eigenvalue weighted by Crippen LogP contribution is -1.89. The summed E-state index contributed by atoms with van der Waals surface area (Å²) in [5, 5.41) is 19.7. The summed E-state index contributed by atoms with van der Waals surface area (Å²) in [7, 11) is 0. The SMILES string of the molecule is Cc1cc(O)c(CCCCCCCCCCCCCCCC(C)C)cc1O. The van der Waals surface area contributed by atoms with E-state index in [1.807, 2.05) is 6.92 Å². The van der Waals surface area contributed by atoms with Crippen LogP contribution in [0.4, 0.5) is 0 Å². The van der Waals surface area contributed by atoms with Crippen LogP contribution in [0.15, 0.2) is 12.1 Å². The lowest BCUT2D eigenvalue weighted by Gasteiger charge is -2.08. The highest BCUT2D eigenvalue weighted by Gasteiger charge is 2.05. The summed E-state index contributed by atoms with van der Waals surface area (Å²) >= 11 is 0. The molecule has 0 aliphatic heterocycles. The Morgan fingerprint density at radius 1 is 0.630 bits per heavy atom. The molecule has 0 unspecified atom stereocenters. The number of rotatable bonds is 16. The molecule has 1 rings (SSSR count). The minimum atomic E-state index is 0.290.